The number of esters is 2. The molecule has 0 radical (unpaired) electrons. The van der Waals surface area contributed by atoms with Crippen LogP contribution in [0.15, 0.2) is 30.3 Å². The maximum atomic E-state index is 11.7. The van der Waals surface area contributed by atoms with E-state index in [0.29, 0.717) is 5.56 Å². The largest absolute Gasteiger partial charge is 0.463 e. The number of carbonyl (C=O) groups excluding carboxylic acids is 2. The van der Waals surface area contributed by atoms with Gasteiger partial charge in [-0.1, -0.05) is 31.0 Å². The highest BCUT2D eigenvalue weighted by Gasteiger charge is 2.18. The van der Waals surface area contributed by atoms with Crippen molar-refractivity contribution in [2.24, 2.45) is 0 Å². The molecule has 0 spiro atoms. The van der Waals surface area contributed by atoms with Gasteiger partial charge in [-0.15, -0.1) is 0 Å². The highest BCUT2D eigenvalue weighted by molar-refractivity contribution is 5.89. The molecule has 2 aliphatic carbocycles. The summed E-state index contributed by atoms with van der Waals surface area (Å²) in [6.07, 6.45) is 12.0. The number of rotatable bonds is 3. The molecule has 0 unspecified atom stereocenters. The first-order valence-corrected chi connectivity index (χ1v) is 9.58. The lowest BCUT2D eigenvalue weighted by Gasteiger charge is -2.21. The average Bonchev–Trinajstić information content (AvgIpc) is 2.64. The molecule has 0 saturated heterocycles. The molecule has 0 heterocycles. The third-order valence-electron chi connectivity index (χ3n) is 4.72. The van der Waals surface area contributed by atoms with Crippen molar-refractivity contribution < 1.29 is 19.1 Å². The molecule has 2 fully saturated rings. The van der Waals surface area contributed by atoms with Gasteiger partial charge in [-0.2, -0.15) is 0 Å². The number of hydrogen-bond acceptors (Lipinski definition) is 4. The molecule has 4 heteroatoms. The van der Waals surface area contributed by atoms with Crippen LogP contribution in [0.4, 0.5) is 0 Å². The van der Waals surface area contributed by atoms with Crippen LogP contribution >= 0.6 is 0 Å². The summed E-state index contributed by atoms with van der Waals surface area (Å²) in [6, 6.07) is 9.21. The lowest BCUT2D eigenvalue weighted by molar-refractivity contribution is -0.147. The molecule has 4 nitrogen and oxygen atoms in total. The normalized spacial score (nSPS) is 18.6. The maximum absolute atomic E-state index is 11.7. The van der Waals surface area contributed by atoms with Crippen molar-refractivity contribution >= 4 is 11.9 Å². The molecular formula is C21H30O4. The topological polar surface area (TPSA) is 52.6 Å². The first-order valence-electron chi connectivity index (χ1n) is 9.58. The molecule has 25 heavy (non-hydrogen) atoms. The van der Waals surface area contributed by atoms with Crippen LogP contribution in [-0.2, 0) is 14.3 Å². The minimum absolute atomic E-state index is 0.132. The number of ether oxygens (including phenoxy) is 2. The molecule has 0 N–H and O–H groups in total. The van der Waals surface area contributed by atoms with E-state index >= 15 is 0 Å². The van der Waals surface area contributed by atoms with E-state index in [4.69, 9.17) is 9.47 Å². The monoisotopic (exact) mass is 346 g/mol. The van der Waals surface area contributed by atoms with Crippen LogP contribution in [0, 0.1) is 0 Å². The van der Waals surface area contributed by atoms with E-state index in [9.17, 15) is 9.59 Å². The number of hydrogen-bond donors (Lipinski definition) is 0. The molecule has 1 aromatic carbocycles. The second kappa shape index (κ2) is 10.9. The van der Waals surface area contributed by atoms with Gasteiger partial charge in [0, 0.05) is 6.92 Å². The van der Waals surface area contributed by atoms with Gasteiger partial charge in [0.15, 0.2) is 0 Å². The zero-order chi connectivity index (χ0) is 17.9. The molecular weight excluding hydrogens is 316 g/mol. The summed E-state index contributed by atoms with van der Waals surface area (Å²) in [5, 5.41) is 0. The Hall–Kier alpha value is -1.84. The summed E-state index contributed by atoms with van der Waals surface area (Å²) in [6.45, 7) is 1.48. The van der Waals surface area contributed by atoms with Gasteiger partial charge in [-0.3, -0.25) is 4.79 Å². The Labute approximate surface area is 150 Å². The van der Waals surface area contributed by atoms with Gasteiger partial charge < -0.3 is 9.47 Å². The zero-order valence-corrected chi connectivity index (χ0v) is 15.2. The second-order valence-electron chi connectivity index (χ2n) is 6.90. The third-order valence-corrected chi connectivity index (χ3v) is 4.72. The van der Waals surface area contributed by atoms with E-state index < -0.39 is 0 Å². The molecule has 2 aliphatic rings. The predicted octanol–water partition coefficient (Wildman–Crippen LogP) is 5.06. The van der Waals surface area contributed by atoms with Crippen LogP contribution < -0.4 is 0 Å². The highest BCUT2D eigenvalue weighted by Crippen LogP contribution is 2.21. The maximum Gasteiger partial charge on any atom is 0.338 e. The van der Waals surface area contributed by atoms with Crippen LogP contribution in [0.2, 0.25) is 0 Å². The second-order valence-corrected chi connectivity index (χ2v) is 6.90. The molecule has 2 saturated carbocycles. The predicted molar refractivity (Wildman–Crippen MR) is 97.4 cm³/mol. The van der Waals surface area contributed by atoms with Gasteiger partial charge in [0.05, 0.1) is 5.56 Å². The van der Waals surface area contributed by atoms with Crippen molar-refractivity contribution in [3.63, 3.8) is 0 Å². The minimum Gasteiger partial charge on any atom is -0.463 e. The van der Waals surface area contributed by atoms with Crippen molar-refractivity contribution in [1.82, 2.24) is 0 Å². The van der Waals surface area contributed by atoms with Crippen LogP contribution in [0.25, 0.3) is 0 Å². The SMILES string of the molecule is CC(=O)OC1CCCCC1.O=C(OC1CCCCC1)c1ccccc1. The van der Waals surface area contributed by atoms with Crippen molar-refractivity contribution in [3.8, 4) is 0 Å². The fourth-order valence-electron chi connectivity index (χ4n) is 3.39. The summed E-state index contributed by atoms with van der Waals surface area (Å²) < 4.78 is 10.5. The molecule has 0 amide bonds. The van der Waals surface area contributed by atoms with Gasteiger partial charge in [0.2, 0.25) is 0 Å². The Bertz CT molecular complexity index is 514. The zero-order valence-electron chi connectivity index (χ0n) is 15.2. The molecule has 0 aliphatic heterocycles. The van der Waals surface area contributed by atoms with E-state index in [-0.39, 0.29) is 24.1 Å². The summed E-state index contributed by atoms with van der Waals surface area (Å²) >= 11 is 0. The van der Waals surface area contributed by atoms with Gasteiger partial charge in [-0.05, 0) is 63.5 Å². The molecule has 1 aromatic rings. The first-order chi connectivity index (χ1) is 12.1. The quantitative estimate of drug-likeness (QED) is 0.718. The Morgan fingerprint density at radius 2 is 1.24 bits per heavy atom. The lowest BCUT2D eigenvalue weighted by Crippen LogP contribution is -2.20. The summed E-state index contributed by atoms with van der Waals surface area (Å²) in [5.74, 6) is -0.311. The summed E-state index contributed by atoms with van der Waals surface area (Å²) in [7, 11) is 0. The highest BCUT2D eigenvalue weighted by atomic mass is 16.5. The van der Waals surface area contributed by atoms with Gasteiger partial charge in [0.25, 0.3) is 0 Å². The van der Waals surface area contributed by atoms with Crippen molar-refractivity contribution in [1.29, 1.82) is 0 Å². The Balaban J connectivity index is 0.000000196. The molecule has 0 atom stereocenters. The fourth-order valence-corrected chi connectivity index (χ4v) is 3.39. The number of benzene rings is 1. The Kier molecular flexibility index (Phi) is 8.50. The minimum atomic E-state index is -0.178. The lowest BCUT2D eigenvalue weighted by atomic mass is 9.98. The molecule has 138 valence electrons. The smallest absolute Gasteiger partial charge is 0.338 e. The summed E-state index contributed by atoms with van der Waals surface area (Å²) in [5.41, 5.74) is 0.656. The van der Waals surface area contributed by atoms with Crippen LogP contribution in [0.1, 0.15) is 81.5 Å². The number of carbonyl (C=O) groups is 2. The van der Waals surface area contributed by atoms with Gasteiger partial charge in [-0.25, -0.2) is 4.79 Å². The van der Waals surface area contributed by atoms with E-state index in [1.165, 1.54) is 45.4 Å². The first kappa shape index (κ1) is 19.5. The van der Waals surface area contributed by atoms with E-state index in [1.807, 2.05) is 18.2 Å². The standard InChI is InChI=1S/C13H16O2.C8H14O2/c14-13(11-7-3-1-4-8-11)15-12-9-5-2-6-10-12;1-7(9)10-8-5-3-2-4-6-8/h1,3-4,7-8,12H,2,5-6,9-10H2;8H,2-6H2,1H3. The average molecular weight is 346 g/mol. The molecule has 3 rings (SSSR count). The Morgan fingerprint density at radius 1 is 0.760 bits per heavy atom. The van der Waals surface area contributed by atoms with Gasteiger partial charge in [0.1, 0.15) is 12.2 Å². The van der Waals surface area contributed by atoms with Crippen molar-refractivity contribution in [3.05, 3.63) is 35.9 Å². The van der Waals surface area contributed by atoms with Crippen LogP contribution in [0.3, 0.4) is 0 Å². The summed E-state index contributed by atoms with van der Waals surface area (Å²) in [4.78, 5) is 22.2. The van der Waals surface area contributed by atoms with Gasteiger partial charge >= 0.3 is 11.9 Å². The van der Waals surface area contributed by atoms with E-state index in [0.717, 1.165) is 25.7 Å². The molecule has 0 aromatic heterocycles. The van der Waals surface area contributed by atoms with Crippen molar-refractivity contribution in [2.45, 2.75) is 83.3 Å². The van der Waals surface area contributed by atoms with E-state index in [1.54, 1.807) is 12.1 Å². The third kappa shape index (κ3) is 7.72. The fraction of sp³-hybridized carbons (Fsp3) is 0.619. The van der Waals surface area contributed by atoms with E-state index in [2.05, 4.69) is 0 Å². The Morgan fingerprint density at radius 3 is 1.72 bits per heavy atom. The van der Waals surface area contributed by atoms with Crippen LogP contribution in [0.5, 0.6) is 0 Å². The van der Waals surface area contributed by atoms with Crippen LogP contribution in [-0.4, -0.2) is 24.1 Å². The molecule has 0 bridgehead atoms. The van der Waals surface area contributed by atoms with Crippen molar-refractivity contribution in [2.75, 3.05) is 0 Å².